The van der Waals surface area contributed by atoms with E-state index in [0.717, 1.165) is 24.8 Å². The highest BCUT2D eigenvalue weighted by Crippen LogP contribution is 2.40. The van der Waals surface area contributed by atoms with Gasteiger partial charge in [-0.2, -0.15) is 0 Å². The average Bonchev–Trinajstić information content (AvgIpc) is 3.02. The predicted molar refractivity (Wildman–Crippen MR) is 107 cm³/mol. The summed E-state index contributed by atoms with van der Waals surface area (Å²) in [6.07, 6.45) is 2.70. The first kappa shape index (κ1) is 19.4. The number of esters is 1. The smallest absolute Gasteiger partial charge is 0.341 e. The summed E-state index contributed by atoms with van der Waals surface area (Å²) in [5, 5.41) is 3.49. The zero-order chi connectivity index (χ0) is 19.4. The molecular weight excluding hydrogens is 362 g/mol. The molecule has 2 unspecified atom stereocenters. The van der Waals surface area contributed by atoms with Crippen LogP contribution in [0.4, 0.5) is 5.00 Å². The molecule has 5 nitrogen and oxygen atoms in total. The first-order valence-electron chi connectivity index (χ1n) is 9.28. The van der Waals surface area contributed by atoms with Crippen LogP contribution in [0.15, 0.2) is 30.3 Å². The molecule has 1 aromatic carbocycles. The van der Waals surface area contributed by atoms with Crippen LogP contribution in [0, 0.1) is 5.92 Å². The molecule has 0 saturated carbocycles. The summed E-state index contributed by atoms with van der Waals surface area (Å²) in [6.45, 7) is 4.11. The number of methoxy groups -OCH3 is 1. The third-order valence-electron chi connectivity index (χ3n) is 4.82. The van der Waals surface area contributed by atoms with E-state index in [0.29, 0.717) is 28.7 Å². The van der Waals surface area contributed by atoms with Crippen LogP contribution in [0.25, 0.3) is 0 Å². The molecule has 0 radical (unpaired) electrons. The number of rotatable bonds is 6. The molecule has 1 N–H and O–H groups in total. The zero-order valence-corrected chi connectivity index (χ0v) is 16.7. The number of carbonyl (C=O) groups is 2. The van der Waals surface area contributed by atoms with Crippen molar-refractivity contribution in [2.75, 3.05) is 12.4 Å². The van der Waals surface area contributed by atoms with Gasteiger partial charge in [0.2, 0.25) is 0 Å². The lowest BCUT2D eigenvalue weighted by Crippen LogP contribution is -2.32. The summed E-state index contributed by atoms with van der Waals surface area (Å²) in [4.78, 5) is 26.3. The van der Waals surface area contributed by atoms with Crippen LogP contribution < -0.4 is 10.1 Å². The van der Waals surface area contributed by atoms with Crippen molar-refractivity contribution in [2.24, 2.45) is 5.92 Å². The second-order valence-electron chi connectivity index (χ2n) is 6.86. The van der Waals surface area contributed by atoms with Gasteiger partial charge in [0, 0.05) is 4.88 Å². The van der Waals surface area contributed by atoms with Gasteiger partial charge >= 0.3 is 5.97 Å². The molecule has 0 fully saturated rings. The average molecular weight is 388 g/mol. The zero-order valence-electron chi connectivity index (χ0n) is 15.9. The highest BCUT2D eigenvalue weighted by Gasteiger charge is 2.30. The molecule has 6 heteroatoms. The van der Waals surface area contributed by atoms with E-state index in [1.165, 1.54) is 23.3 Å². The first-order chi connectivity index (χ1) is 13.0. The maximum Gasteiger partial charge on any atom is 0.341 e. The van der Waals surface area contributed by atoms with Crippen LogP contribution >= 0.6 is 11.3 Å². The Morgan fingerprint density at radius 1 is 1.30 bits per heavy atom. The molecule has 1 aliphatic carbocycles. The number of fused-ring (bicyclic) bond motifs is 1. The van der Waals surface area contributed by atoms with Gasteiger partial charge in [0.05, 0.1) is 12.7 Å². The van der Waals surface area contributed by atoms with Crippen molar-refractivity contribution in [2.45, 2.75) is 45.6 Å². The number of hydrogen-bond donors (Lipinski definition) is 1. The second-order valence-corrected chi connectivity index (χ2v) is 7.97. The van der Waals surface area contributed by atoms with Crippen molar-refractivity contribution >= 4 is 28.2 Å². The van der Waals surface area contributed by atoms with Gasteiger partial charge < -0.3 is 14.8 Å². The van der Waals surface area contributed by atoms with E-state index in [9.17, 15) is 9.59 Å². The number of para-hydroxylation sites is 1. The van der Waals surface area contributed by atoms with E-state index in [1.54, 1.807) is 0 Å². The van der Waals surface area contributed by atoms with Crippen LogP contribution in [0.2, 0.25) is 0 Å². The third kappa shape index (κ3) is 4.33. The summed E-state index contributed by atoms with van der Waals surface area (Å²) < 4.78 is 10.8. The van der Waals surface area contributed by atoms with Gasteiger partial charge in [0.15, 0.2) is 6.10 Å². The minimum absolute atomic E-state index is 0.252. The van der Waals surface area contributed by atoms with Gasteiger partial charge in [-0.1, -0.05) is 32.0 Å². The number of benzene rings is 1. The number of thiophene rings is 1. The van der Waals surface area contributed by atoms with E-state index >= 15 is 0 Å². The number of amides is 1. The summed E-state index contributed by atoms with van der Waals surface area (Å²) in [6, 6.07) is 9.27. The van der Waals surface area contributed by atoms with E-state index in [-0.39, 0.29) is 5.91 Å². The highest BCUT2D eigenvalue weighted by atomic mass is 32.1. The molecule has 2 aromatic rings. The molecule has 2 atom stereocenters. The fourth-order valence-electron chi connectivity index (χ4n) is 3.33. The van der Waals surface area contributed by atoms with Crippen LogP contribution in [-0.2, 0) is 22.4 Å². The summed E-state index contributed by atoms with van der Waals surface area (Å²) >= 11 is 1.48. The SMILES string of the molecule is CCC(Oc1ccccc1)C(=O)Nc1sc2c(c1C(=O)OC)CCC(C)C2. The molecule has 1 aliphatic rings. The minimum Gasteiger partial charge on any atom is -0.481 e. The fourth-order valence-corrected chi connectivity index (χ4v) is 4.74. The maximum absolute atomic E-state index is 12.8. The van der Waals surface area contributed by atoms with Crippen LogP contribution in [0.3, 0.4) is 0 Å². The normalized spacial score (nSPS) is 16.9. The lowest BCUT2D eigenvalue weighted by atomic mass is 9.88. The quantitative estimate of drug-likeness (QED) is 0.744. The van der Waals surface area contributed by atoms with E-state index in [2.05, 4.69) is 12.2 Å². The van der Waals surface area contributed by atoms with Gasteiger partial charge in [-0.3, -0.25) is 4.79 Å². The van der Waals surface area contributed by atoms with Crippen molar-refractivity contribution in [1.82, 2.24) is 0 Å². The standard InChI is InChI=1S/C21H25NO4S/c1-4-16(26-14-8-6-5-7-9-14)19(23)22-20-18(21(24)25-3)15-11-10-13(2)12-17(15)27-20/h5-9,13,16H,4,10-12H2,1-3H3,(H,22,23). The Bertz CT molecular complexity index is 815. The number of nitrogens with one attached hydrogen (secondary N) is 1. The Kier molecular flexibility index (Phi) is 6.16. The molecule has 0 spiro atoms. The van der Waals surface area contributed by atoms with E-state index in [1.807, 2.05) is 37.3 Å². The third-order valence-corrected chi connectivity index (χ3v) is 5.99. The number of carbonyl (C=O) groups excluding carboxylic acids is 2. The number of hydrogen-bond acceptors (Lipinski definition) is 5. The predicted octanol–water partition coefficient (Wildman–Crippen LogP) is 4.46. The fraction of sp³-hybridized carbons (Fsp3) is 0.429. The lowest BCUT2D eigenvalue weighted by Gasteiger charge is -2.18. The Balaban J connectivity index is 1.83. The summed E-state index contributed by atoms with van der Waals surface area (Å²) in [5.74, 6) is 0.578. The molecule has 3 rings (SSSR count). The van der Waals surface area contributed by atoms with Gasteiger partial charge in [-0.05, 0) is 49.3 Å². The second kappa shape index (κ2) is 8.57. The van der Waals surface area contributed by atoms with Crippen molar-refractivity contribution in [3.05, 3.63) is 46.3 Å². The monoisotopic (exact) mass is 387 g/mol. The molecule has 1 amide bonds. The van der Waals surface area contributed by atoms with Crippen molar-refractivity contribution in [3.8, 4) is 5.75 Å². The highest BCUT2D eigenvalue weighted by molar-refractivity contribution is 7.17. The number of ether oxygens (including phenoxy) is 2. The van der Waals surface area contributed by atoms with E-state index in [4.69, 9.17) is 9.47 Å². The van der Waals surface area contributed by atoms with Gasteiger partial charge in [-0.15, -0.1) is 11.3 Å². The van der Waals surface area contributed by atoms with Gasteiger partial charge in [0.25, 0.3) is 5.91 Å². The maximum atomic E-state index is 12.8. The summed E-state index contributed by atoms with van der Waals surface area (Å²) in [5.41, 5.74) is 1.53. The van der Waals surface area contributed by atoms with Crippen LogP contribution in [0.1, 0.15) is 47.5 Å². The van der Waals surface area contributed by atoms with Crippen molar-refractivity contribution in [3.63, 3.8) is 0 Å². The summed E-state index contributed by atoms with van der Waals surface area (Å²) in [7, 11) is 1.37. The Morgan fingerprint density at radius 3 is 2.70 bits per heavy atom. The van der Waals surface area contributed by atoms with Crippen LogP contribution in [-0.4, -0.2) is 25.1 Å². The van der Waals surface area contributed by atoms with E-state index < -0.39 is 12.1 Å². The Morgan fingerprint density at radius 2 is 2.04 bits per heavy atom. The van der Waals surface area contributed by atoms with Crippen LogP contribution in [0.5, 0.6) is 5.75 Å². The molecule has 1 aromatic heterocycles. The Hall–Kier alpha value is -2.34. The minimum atomic E-state index is -0.629. The molecule has 0 bridgehead atoms. The van der Waals surface area contributed by atoms with Gasteiger partial charge in [0.1, 0.15) is 10.8 Å². The molecule has 144 valence electrons. The first-order valence-corrected chi connectivity index (χ1v) is 10.1. The Labute approximate surface area is 163 Å². The van der Waals surface area contributed by atoms with Gasteiger partial charge in [-0.25, -0.2) is 4.79 Å². The largest absolute Gasteiger partial charge is 0.481 e. The van der Waals surface area contributed by atoms with Crippen molar-refractivity contribution < 1.29 is 19.1 Å². The molecular formula is C21H25NO4S. The number of anilines is 1. The molecule has 0 saturated heterocycles. The topological polar surface area (TPSA) is 64.6 Å². The molecule has 0 aliphatic heterocycles. The van der Waals surface area contributed by atoms with Crippen molar-refractivity contribution in [1.29, 1.82) is 0 Å². The lowest BCUT2D eigenvalue weighted by molar-refractivity contribution is -0.122. The molecule has 27 heavy (non-hydrogen) atoms. The molecule has 1 heterocycles.